The summed E-state index contributed by atoms with van der Waals surface area (Å²) in [5, 5.41) is 37.7. The van der Waals surface area contributed by atoms with Gasteiger partial charge in [0, 0.05) is 122 Å². The SMILES string of the molecule is [C-]#[N+][C@@H]1CCCN1C(=O)CNC(=O)c1ccnc2ccc(OCCCN3CC4CN(C(=O)[C@@H](CCNC(=O)c5ccc(F)nc5)NC(=O)CN5CCN(CC(=O)O)CCN(CC(=O)O)CCN(CC(=O)O)CC5)CC4C3)cc12. The van der Waals surface area contributed by atoms with Crippen molar-refractivity contribution >= 4 is 58.3 Å². The molecule has 25 nitrogen and oxygen atoms in total. The first-order chi connectivity index (χ1) is 37.5. The van der Waals surface area contributed by atoms with Gasteiger partial charge in [0.05, 0.1) is 56.0 Å². The highest BCUT2D eigenvalue weighted by Gasteiger charge is 2.43. The Kier molecular flexibility index (Phi) is 21.1. The summed E-state index contributed by atoms with van der Waals surface area (Å²) in [5.41, 5.74) is 1.03. The number of carbonyl (C=O) groups excluding carboxylic acids is 5. The minimum atomic E-state index is -1.09. The predicted octanol–water partition coefficient (Wildman–Crippen LogP) is -0.694. The molecular formula is C52H68FN13O12. The van der Waals surface area contributed by atoms with Crippen molar-refractivity contribution in [1.29, 1.82) is 0 Å². The van der Waals surface area contributed by atoms with Gasteiger partial charge in [0.25, 0.3) is 11.8 Å². The number of carboxylic acids is 3. The van der Waals surface area contributed by atoms with Crippen molar-refractivity contribution in [2.75, 3.05) is 138 Å². The van der Waals surface area contributed by atoms with Gasteiger partial charge in [-0.15, -0.1) is 0 Å². The number of aromatic nitrogens is 2. The van der Waals surface area contributed by atoms with Crippen molar-refractivity contribution in [1.82, 2.24) is 60.2 Å². The number of aliphatic carboxylic acids is 3. The molecule has 6 heterocycles. The Labute approximate surface area is 450 Å². The van der Waals surface area contributed by atoms with E-state index in [1.54, 1.807) is 48.8 Å². The van der Waals surface area contributed by atoms with Crippen LogP contribution in [0.15, 0.2) is 48.8 Å². The van der Waals surface area contributed by atoms with E-state index in [4.69, 9.17) is 11.3 Å². The van der Waals surface area contributed by atoms with Crippen molar-refractivity contribution in [3.05, 3.63) is 77.3 Å². The Balaban J connectivity index is 0.929. The fourth-order valence-electron chi connectivity index (χ4n) is 10.5. The van der Waals surface area contributed by atoms with Crippen LogP contribution in [0.5, 0.6) is 5.75 Å². The molecule has 5 amide bonds. The molecule has 4 atom stereocenters. The molecule has 7 rings (SSSR count). The zero-order chi connectivity index (χ0) is 55.7. The molecule has 4 fully saturated rings. The van der Waals surface area contributed by atoms with E-state index in [0.29, 0.717) is 61.3 Å². The van der Waals surface area contributed by atoms with Crippen LogP contribution in [0.4, 0.5) is 4.39 Å². The van der Waals surface area contributed by atoms with Crippen LogP contribution in [0.1, 0.15) is 46.4 Å². The molecule has 0 spiro atoms. The Morgan fingerprint density at radius 1 is 0.731 bits per heavy atom. The average molecular weight is 1090 g/mol. The number of pyridine rings is 2. The summed E-state index contributed by atoms with van der Waals surface area (Å²) in [6.45, 7) is 11.5. The maximum atomic E-state index is 14.4. The molecule has 6 N–H and O–H groups in total. The molecule has 78 heavy (non-hydrogen) atoms. The first kappa shape index (κ1) is 58.2. The first-order valence-corrected chi connectivity index (χ1v) is 26.2. The zero-order valence-electron chi connectivity index (χ0n) is 43.5. The smallest absolute Gasteiger partial charge is 0.317 e. The first-order valence-electron chi connectivity index (χ1n) is 26.2. The fourth-order valence-corrected chi connectivity index (χ4v) is 10.5. The molecule has 4 aliphatic rings. The molecule has 0 saturated carbocycles. The normalized spacial score (nSPS) is 20.4. The quantitative estimate of drug-likeness (QED) is 0.0412. The van der Waals surface area contributed by atoms with Crippen molar-refractivity contribution in [3.8, 4) is 5.75 Å². The van der Waals surface area contributed by atoms with Gasteiger partial charge in [0.15, 0.2) is 0 Å². The number of benzene rings is 1. The summed E-state index contributed by atoms with van der Waals surface area (Å²) in [4.78, 5) is 126. The Morgan fingerprint density at radius 3 is 1.92 bits per heavy atom. The topological polar surface area (TPSA) is 295 Å². The Bertz CT molecular complexity index is 2630. The molecule has 0 bridgehead atoms. The van der Waals surface area contributed by atoms with E-state index in [9.17, 15) is 58.1 Å². The maximum absolute atomic E-state index is 14.4. The average Bonchev–Trinajstić information content (AvgIpc) is 4.17. The lowest BCUT2D eigenvalue weighted by atomic mass is 10.0. The second kappa shape index (κ2) is 28.3. The number of carboxylic acid groups (broad SMARTS) is 3. The highest BCUT2D eigenvalue weighted by atomic mass is 19.1. The number of likely N-dealkylation sites (tertiary alicyclic amines) is 3. The number of nitrogens with one attached hydrogen (secondary N) is 3. The van der Waals surface area contributed by atoms with Gasteiger partial charge in [-0.2, -0.15) is 4.39 Å². The second-order valence-electron chi connectivity index (χ2n) is 20.1. The van der Waals surface area contributed by atoms with Crippen LogP contribution in [0.3, 0.4) is 0 Å². The molecule has 4 saturated heterocycles. The van der Waals surface area contributed by atoms with E-state index in [1.165, 1.54) is 17.2 Å². The third kappa shape index (κ3) is 17.0. The fraction of sp³-hybridized carbons (Fsp3) is 0.558. The minimum Gasteiger partial charge on any atom is -0.494 e. The highest BCUT2D eigenvalue weighted by Crippen LogP contribution is 2.32. The molecule has 420 valence electrons. The third-order valence-electron chi connectivity index (χ3n) is 14.5. The largest absolute Gasteiger partial charge is 0.494 e. The summed E-state index contributed by atoms with van der Waals surface area (Å²) in [7, 11) is 0. The van der Waals surface area contributed by atoms with E-state index < -0.39 is 53.8 Å². The summed E-state index contributed by atoms with van der Waals surface area (Å²) >= 11 is 0. The van der Waals surface area contributed by atoms with Gasteiger partial charge < -0.3 is 45.8 Å². The van der Waals surface area contributed by atoms with Crippen LogP contribution in [0.2, 0.25) is 0 Å². The van der Waals surface area contributed by atoms with Crippen LogP contribution in [0.25, 0.3) is 15.7 Å². The molecule has 26 heteroatoms. The molecular weight excluding hydrogens is 1020 g/mol. The number of rotatable bonds is 22. The van der Waals surface area contributed by atoms with E-state index in [0.717, 1.165) is 38.3 Å². The molecule has 2 aromatic heterocycles. The van der Waals surface area contributed by atoms with Crippen molar-refractivity contribution in [2.24, 2.45) is 11.8 Å². The number of carbonyl (C=O) groups is 8. The lowest BCUT2D eigenvalue weighted by Crippen LogP contribution is -2.53. The van der Waals surface area contributed by atoms with E-state index >= 15 is 0 Å². The predicted molar refractivity (Wildman–Crippen MR) is 277 cm³/mol. The number of hydrogen-bond acceptors (Lipinski definition) is 16. The molecule has 0 aliphatic carbocycles. The monoisotopic (exact) mass is 1090 g/mol. The standard InChI is InChI=1S/C52H68FN13O12/c1-54-44-4-2-14-66(44)46(68)26-58-51(76)39-9-11-55-41-7-6-38(24-40(39)41)78-23-3-13-64-27-36-29-65(30-37(36)28-64)52(77)42(10-12-56-50(75)35-5-8-43(53)57-25-35)59-45(67)31-60-15-17-61(32-47(69)70)19-21-63(34-49(73)74)22-20-62(18-16-60)33-48(71)72/h5-9,11,24-25,36-37,42,44H,2-4,10,12-23,26-34H2,(H,56,75)(H,58,76)(H,59,67)(H,69,70)(H,71,72)(H,73,74)/t36?,37?,42-,44+/m1/s1. The van der Waals surface area contributed by atoms with Gasteiger partial charge in [0.2, 0.25) is 23.7 Å². The Hall–Kier alpha value is -7.44. The summed E-state index contributed by atoms with van der Waals surface area (Å²) in [6, 6.07) is 8.16. The summed E-state index contributed by atoms with van der Waals surface area (Å²) in [6.07, 6.45) is 4.19. The van der Waals surface area contributed by atoms with Crippen LogP contribution in [0, 0.1) is 24.4 Å². The lowest BCUT2D eigenvalue weighted by Gasteiger charge is -2.33. The van der Waals surface area contributed by atoms with Gasteiger partial charge >= 0.3 is 24.1 Å². The van der Waals surface area contributed by atoms with Gasteiger partial charge in [0.1, 0.15) is 11.8 Å². The third-order valence-corrected chi connectivity index (χ3v) is 14.5. The number of nitrogens with zero attached hydrogens (tertiary/aromatic N) is 10. The number of ether oxygens (including phenoxy) is 1. The number of fused-ring (bicyclic) bond motifs is 2. The lowest BCUT2D eigenvalue weighted by molar-refractivity contribution is -0.140. The number of amides is 5. The summed E-state index contributed by atoms with van der Waals surface area (Å²) < 4.78 is 19.6. The molecule has 0 radical (unpaired) electrons. The van der Waals surface area contributed by atoms with Crippen LogP contribution in [-0.4, -0.2) is 257 Å². The summed E-state index contributed by atoms with van der Waals surface area (Å²) in [5.74, 6) is -5.26. The van der Waals surface area contributed by atoms with Crippen LogP contribution < -0.4 is 20.7 Å². The van der Waals surface area contributed by atoms with Gasteiger partial charge in [-0.25, -0.2) is 11.6 Å². The molecule has 1 aromatic carbocycles. The van der Waals surface area contributed by atoms with E-state index in [1.807, 2.05) is 0 Å². The van der Waals surface area contributed by atoms with Crippen molar-refractivity contribution in [3.63, 3.8) is 0 Å². The van der Waals surface area contributed by atoms with Gasteiger partial charge in [-0.3, -0.25) is 72.7 Å². The van der Waals surface area contributed by atoms with E-state index in [-0.39, 0.29) is 127 Å². The molecule has 2 unspecified atom stereocenters. The maximum Gasteiger partial charge on any atom is 0.317 e. The van der Waals surface area contributed by atoms with Crippen molar-refractivity contribution < 1.29 is 62.8 Å². The van der Waals surface area contributed by atoms with Gasteiger partial charge in [-0.05, 0) is 67.5 Å². The van der Waals surface area contributed by atoms with Crippen molar-refractivity contribution in [2.45, 2.75) is 37.9 Å². The van der Waals surface area contributed by atoms with E-state index in [2.05, 4.69) is 35.7 Å². The second-order valence-corrected chi connectivity index (χ2v) is 20.1. The molecule has 4 aliphatic heterocycles. The minimum absolute atomic E-state index is 0.0158. The van der Waals surface area contributed by atoms with Gasteiger partial charge in [-0.1, -0.05) is 0 Å². The highest BCUT2D eigenvalue weighted by molar-refractivity contribution is 6.07. The van der Waals surface area contributed by atoms with Crippen LogP contribution in [-0.2, 0) is 28.8 Å². The number of hydrogen-bond donors (Lipinski definition) is 6. The number of halogens is 1. The zero-order valence-corrected chi connectivity index (χ0v) is 43.5. The van der Waals surface area contributed by atoms with Crippen LogP contribution >= 0.6 is 0 Å². The molecule has 3 aromatic rings. The Morgan fingerprint density at radius 2 is 1.35 bits per heavy atom.